The molecule has 4 rings (SSSR count). The van der Waals surface area contributed by atoms with E-state index in [9.17, 15) is 4.79 Å². The fourth-order valence-corrected chi connectivity index (χ4v) is 4.54. The van der Waals surface area contributed by atoms with Gasteiger partial charge in [0.15, 0.2) is 5.82 Å². The van der Waals surface area contributed by atoms with Crippen LogP contribution in [-0.4, -0.2) is 58.1 Å². The van der Waals surface area contributed by atoms with Gasteiger partial charge in [-0.2, -0.15) is 5.26 Å². The van der Waals surface area contributed by atoms with Crippen molar-refractivity contribution in [3.8, 4) is 17.5 Å². The smallest absolute Gasteiger partial charge is 0.254 e. The van der Waals surface area contributed by atoms with Crippen molar-refractivity contribution >= 4 is 5.91 Å². The van der Waals surface area contributed by atoms with E-state index in [4.69, 9.17) is 5.26 Å². The highest BCUT2D eigenvalue weighted by atomic mass is 16.2. The number of nitrogens with zero attached hydrogens (tertiary/aromatic N) is 5. The van der Waals surface area contributed by atoms with Crippen molar-refractivity contribution in [3.63, 3.8) is 0 Å². The molecule has 1 amide bonds. The number of nitriles is 1. The van der Waals surface area contributed by atoms with Gasteiger partial charge >= 0.3 is 0 Å². The normalized spacial score (nSPS) is 14.5. The number of piperidine rings is 1. The fourth-order valence-electron chi connectivity index (χ4n) is 4.54. The molecular weight excluding hydrogens is 412 g/mol. The summed E-state index contributed by atoms with van der Waals surface area (Å²) in [6.45, 7) is 6.15. The molecule has 1 fully saturated rings. The van der Waals surface area contributed by atoms with E-state index >= 15 is 0 Å². The van der Waals surface area contributed by atoms with Gasteiger partial charge in [-0.25, -0.2) is 0 Å². The Hall–Kier alpha value is -3.50. The first-order chi connectivity index (χ1) is 15.9. The monoisotopic (exact) mass is 442 g/mol. The zero-order valence-corrected chi connectivity index (χ0v) is 19.7. The summed E-state index contributed by atoms with van der Waals surface area (Å²) < 4.78 is 0. The van der Waals surface area contributed by atoms with Crippen molar-refractivity contribution in [2.75, 3.05) is 27.2 Å². The van der Waals surface area contributed by atoms with Gasteiger partial charge in [-0.05, 0) is 81.6 Å². The average Bonchev–Trinajstić information content (AvgIpc) is 3.26. The minimum atomic E-state index is 0.0695. The maximum atomic E-state index is 13.4. The molecule has 0 spiro atoms. The first-order valence-corrected chi connectivity index (χ1v) is 11.3. The van der Waals surface area contributed by atoms with Crippen molar-refractivity contribution in [1.82, 2.24) is 25.0 Å². The Kier molecular flexibility index (Phi) is 6.57. The van der Waals surface area contributed by atoms with Crippen molar-refractivity contribution in [1.29, 1.82) is 5.26 Å². The quantitative estimate of drug-likeness (QED) is 0.644. The number of hydrogen-bond donors (Lipinski definition) is 1. The predicted molar refractivity (Wildman–Crippen MR) is 128 cm³/mol. The second-order valence-electron chi connectivity index (χ2n) is 9.14. The molecule has 2 aromatic carbocycles. The van der Waals surface area contributed by atoms with Crippen LogP contribution in [-0.2, 0) is 6.54 Å². The number of carbonyl (C=O) groups excluding carboxylic acids is 1. The minimum Gasteiger partial charge on any atom is -0.339 e. The number of aromatic amines is 1. The van der Waals surface area contributed by atoms with Gasteiger partial charge in [0.2, 0.25) is 0 Å². The second-order valence-corrected chi connectivity index (χ2v) is 9.14. The van der Waals surface area contributed by atoms with Crippen molar-refractivity contribution in [2.45, 2.75) is 39.2 Å². The molecule has 1 N–H and O–H groups in total. The molecule has 2 heterocycles. The average molecular weight is 443 g/mol. The second kappa shape index (κ2) is 9.55. The molecule has 0 aliphatic carbocycles. The molecule has 1 aliphatic heterocycles. The van der Waals surface area contributed by atoms with Gasteiger partial charge in [-0.3, -0.25) is 4.79 Å². The van der Waals surface area contributed by atoms with Crippen LogP contribution in [0.3, 0.4) is 0 Å². The highest BCUT2D eigenvalue weighted by molar-refractivity contribution is 5.97. The van der Waals surface area contributed by atoms with E-state index in [-0.39, 0.29) is 5.91 Å². The molecular formula is C26H30N6O. The molecule has 1 saturated heterocycles. The van der Waals surface area contributed by atoms with E-state index < -0.39 is 0 Å². The summed E-state index contributed by atoms with van der Waals surface area (Å²) in [5.74, 6) is 1.98. The molecule has 7 nitrogen and oxygen atoms in total. The Balaban J connectivity index is 1.49. The minimum absolute atomic E-state index is 0.0695. The number of nitrogens with one attached hydrogen (secondary N) is 1. The summed E-state index contributed by atoms with van der Waals surface area (Å²) in [5.41, 5.74) is 5.60. The number of hydrogen-bond acceptors (Lipinski definition) is 5. The van der Waals surface area contributed by atoms with E-state index in [0.29, 0.717) is 23.9 Å². The molecule has 3 aromatic rings. The predicted octanol–water partition coefficient (Wildman–Crippen LogP) is 4.04. The van der Waals surface area contributed by atoms with Crippen LogP contribution in [0.15, 0.2) is 36.4 Å². The Morgan fingerprint density at radius 3 is 2.45 bits per heavy atom. The zero-order chi connectivity index (χ0) is 23.5. The topological polar surface area (TPSA) is 88.9 Å². The number of aromatic nitrogens is 3. The maximum Gasteiger partial charge on any atom is 0.254 e. The Morgan fingerprint density at radius 1 is 1.12 bits per heavy atom. The van der Waals surface area contributed by atoms with Gasteiger partial charge in [-0.1, -0.05) is 18.2 Å². The number of benzene rings is 2. The Morgan fingerprint density at radius 2 is 1.82 bits per heavy atom. The molecule has 1 aliphatic rings. The molecule has 170 valence electrons. The summed E-state index contributed by atoms with van der Waals surface area (Å²) in [6, 6.07) is 14.0. The molecule has 0 saturated carbocycles. The molecule has 0 unspecified atom stereocenters. The first-order valence-electron chi connectivity index (χ1n) is 11.3. The lowest BCUT2D eigenvalue weighted by molar-refractivity contribution is 0.0712. The van der Waals surface area contributed by atoms with E-state index in [1.54, 1.807) is 0 Å². The highest BCUT2D eigenvalue weighted by Gasteiger charge is 2.26. The summed E-state index contributed by atoms with van der Waals surface area (Å²) in [5, 5.41) is 17.6. The van der Waals surface area contributed by atoms with Crippen LogP contribution in [0.1, 0.15) is 57.2 Å². The number of H-pyrrole nitrogens is 1. The molecule has 0 bridgehead atoms. The lowest BCUT2D eigenvalue weighted by atomic mass is 9.88. The summed E-state index contributed by atoms with van der Waals surface area (Å²) in [4.78, 5) is 20.7. The van der Waals surface area contributed by atoms with Gasteiger partial charge in [0, 0.05) is 24.2 Å². The Bertz CT molecular complexity index is 1180. The number of amides is 1. The third-order valence-corrected chi connectivity index (χ3v) is 6.35. The van der Waals surface area contributed by atoms with Crippen LogP contribution < -0.4 is 0 Å². The number of aryl methyl sites for hydroxylation is 2. The SMILES string of the molecule is Cc1cc(C)c(-c2nnc(CN(C)C)[nH]2)cc1C(=O)N1CCC(c2ccc(C#N)cc2)CC1. The number of rotatable bonds is 5. The van der Waals surface area contributed by atoms with Crippen LogP contribution in [0.25, 0.3) is 11.4 Å². The van der Waals surface area contributed by atoms with Gasteiger partial charge < -0.3 is 14.8 Å². The molecule has 1 aromatic heterocycles. The first kappa shape index (κ1) is 22.7. The van der Waals surface area contributed by atoms with E-state index in [2.05, 4.69) is 27.3 Å². The largest absolute Gasteiger partial charge is 0.339 e. The van der Waals surface area contributed by atoms with Crippen molar-refractivity contribution < 1.29 is 4.79 Å². The van der Waals surface area contributed by atoms with Gasteiger partial charge in [0.1, 0.15) is 5.82 Å². The van der Waals surface area contributed by atoms with Crippen LogP contribution in [0.2, 0.25) is 0 Å². The van der Waals surface area contributed by atoms with E-state index in [1.807, 2.05) is 68.1 Å². The third kappa shape index (κ3) is 4.96. The lowest BCUT2D eigenvalue weighted by Gasteiger charge is -2.32. The lowest BCUT2D eigenvalue weighted by Crippen LogP contribution is -2.38. The number of carbonyl (C=O) groups is 1. The van der Waals surface area contributed by atoms with Gasteiger partial charge in [0.25, 0.3) is 5.91 Å². The molecule has 0 radical (unpaired) electrons. The van der Waals surface area contributed by atoms with Gasteiger partial charge in [0.05, 0.1) is 18.2 Å². The van der Waals surface area contributed by atoms with Crippen molar-refractivity contribution in [2.24, 2.45) is 0 Å². The third-order valence-electron chi connectivity index (χ3n) is 6.35. The maximum absolute atomic E-state index is 13.4. The molecule has 33 heavy (non-hydrogen) atoms. The van der Waals surface area contributed by atoms with Crippen LogP contribution in [0.5, 0.6) is 0 Å². The summed E-state index contributed by atoms with van der Waals surface area (Å²) >= 11 is 0. The van der Waals surface area contributed by atoms with Gasteiger partial charge in [-0.15, -0.1) is 10.2 Å². The molecule has 7 heteroatoms. The standard InChI is InChI=1S/C26H30N6O/c1-17-13-18(2)23(14-22(17)25-28-24(29-30-25)16-31(3)4)26(33)32-11-9-21(10-12-32)20-7-5-19(15-27)6-8-20/h5-8,13-14,21H,9-12,16H2,1-4H3,(H,28,29,30). The van der Waals surface area contributed by atoms with Crippen molar-refractivity contribution in [3.05, 3.63) is 70.0 Å². The fraction of sp³-hybridized carbons (Fsp3) is 0.385. The Labute approximate surface area is 195 Å². The summed E-state index contributed by atoms with van der Waals surface area (Å²) in [6.07, 6.45) is 1.84. The van der Waals surface area contributed by atoms with Crippen LogP contribution >= 0.6 is 0 Å². The van der Waals surface area contributed by atoms with Crippen LogP contribution in [0.4, 0.5) is 0 Å². The summed E-state index contributed by atoms with van der Waals surface area (Å²) in [7, 11) is 3.97. The van der Waals surface area contributed by atoms with E-state index in [1.165, 1.54) is 5.56 Å². The number of likely N-dealkylation sites (tertiary alicyclic amines) is 1. The highest BCUT2D eigenvalue weighted by Crippen LogP contribution is 2.30. The zero-order valence-electron chi connectivity index (χ0n) is 19.7. The molecule has 0 atom stereocenters. The van der Waals surface area contributed by atoms with Crippen LogP contribution in [0, 0.1) is 25.2 Å². The van der Waals surface area contributed by atoms with E-state index in [0.717, 1.165) is 54.0 Å².